The van der Waals surface area contributed by atoms with Gasteiger partial charge >= 0.3 is 11.9 Å². The number of esters is 2. The molecule has 0 amide bonds. The highest BCUT2D eigenvalue weighted by atomic mass is 16.5. The summed E-state index contributed by atoms with van der Waals surface area (Å²) in [4.78, 5) is 23.3. The summed E-state index contributed by atoms with van der Waals surface area (Å²) >= 11 is 0. The lowest BCUT2D eigenvalue weighted by Gasteiger charge is -2.07. The third-order valence-electron chi connectivity index (χ3n) is 3.05. The second-order valence-electron chi connectivity index (χ2n) is 4.50. The van der Waals surface area contributed by atoms with E-state index < -0.39 is 11.9 Å². The van der Waals surface area contributed by atoms with Gasteiger partial charge in [0.15, 0.2) is 0 Å². The lowest BCUT2D eigenvalue weighted by atomic mass is 10.1. The zero-order valence-electron chi connectivity index (χ0n) is 12.4. The second kappa shape index (κ2) is 7.26. The fourth-order valence-corrected chi connectivity index (χ4v) is 1.84. The molecule has 0 radical (unpaired) electrons. The Kier molecular flexibility index (Phi) is 5.14. The Morgan fingerprint density at radius 2 is 1.64 bits per heavy atom. The lowest BCUT2D eigenvalue weighted by Crippen LogP contribution is -2.06. The van der Waals surface area contributed by atoms with Crippen LogP contribution in [0.2, 0.25) is 0 Å². The van der Waals surface area contributed by atoms with E-state index in [1.54, 1.807) is 48.5 Å². The molecule has 0 N–H and O–H groups in total. The summed E-state index contributed by atoms with van der Waals surface area (Å²) in [5.74, 6) is -0.243. The standard InChI is InChI=1S/C17H16O5/c1-20-15-5-3-4-14(10-15)17(19)22-11-12-6-8-13(9-7-12)16(18)21-2/h3-10H,11H2,1-2H3. The highest BCUT2D eigenvalue weighted by Gasteiger charge is 2.09. The van der Waals surface area contributed by atoms with Crippen LogP contribution < -0.4 is 4.74 Å². The van der Waals surface area contributed by atoms with Crippen LogP contribution in [0.3, 0.4) is 0 Å². The van der Waals surface area contributed by atoms with Crippen LogP contribution in [0.15, 0.2) is 48.5 Å². The van der Waals surface area contributed by atoms with Gasteiger partial charge < -0.3 is 14.2 Å². The molecule has 0 aliphatic heterocycles. The Bertz CT molecular complexity index is 661. The normalized spacial score (nSPS) is 9.91. The molecular weight excluding hydrogens is 284 g/mol. The molecule has 0 fully saturated rings. The molecule has 0 saturated carbocycles. The average Bonchev–Trinajstić information content (AvgIpc) is 2.59. The number of hydrogen-bond donors (Lipinski definition) is 0. The molecule has 5 nitrogen and oxygen atoms in total. The number of carbonyl (C=O) groups excluding carboxylic acids is 2. The van der Waals surface area contributed by atoms with Gasteiger partial charge in [-0.1, -0.05) is 18.2 Å². The first-order chi connectivity index (χ1) is 10.6. The summed E-state index contributed by atoms with van der Waals surface area (Å²) in [7, 11) is 2.86. The molecule has 5 heteroatoms. The zero-order valence-corrected chi connectivity index (χ0v) is 12.4. The number of methoxy groups -OCH3 is 2. The van der Waals surface area contributed by atoms with Gasteiger partial charge in [0, 0.05) is 0 Å². The highest BCUT2D eigenvalue weighted by molar-refractivity contribution is 5.90. The minimum atomic E-state index is -0.434. The van der Waals surface area contributed by atoms with Crippen LogP contribution >= 0.6 is 0 Å². The molecule has 0 aromatic heterocycles. The van der Waals surface area contributed by atoms with Crippen molar-refractivity contribution in [3.8, 4) is 5.75 Å². The predicted octanol–water partition coefficient (Wildman–Crippen LogP) is 2.84. The number of hydrogen-bond acceptors (Lipinski definition) is 5. The quantitative estimate of drug-likeness (QED) is 0.795. The van der Waals surface area contributed by atoms with Crippen LogP contribution in [0.1, 0.15) is 26.3 Å². The third kappa shape index (κ3) is 3.85. The first-order valence-corrected chi connectivity index (χ1v) is 6.62. The maximum absolute atomic E-state index is 12.0. The Hall–Kier alpha value is -2.82. The van der Waals surface area contributed by atoms with Crippen LogP contribution in [-0.2, 0) is 16.1 Å². The molecule has 0 saturated heterocycles. The SMILES string of the molecule is COC(=O)c1ccc(COC(=O)c2cccc(OC)c2)cc1. The fourth-order valence-electron chi connectivity index (χ4n) is 1.84. The molecule has 0 aliphatic rings. The zero-order chi connectivity index (χ0) is 15.9. The van der Waals surface area contributed by atoms with Crippen LogP contribution in [0, 0.1) is 0 Å². The van der Waals surface area contributed by atoms with Gasteiger partial charge in [-0.3, -0.25) is 0 Å². The molecule has 0 spiro atoms. The van der Waals surface area contributed by atoms with Gasteiger partial charge in [0.2, 0.25) is 0 Å². The van der Waals surface area contributed by atoms with Gasteiger partial charge in [-0.2, -0.15) is 0 Å². The van der Waals surface area contributed by atoms with Gasteiger partial charge in [0.05, 0.1) is 25.3 Å². The van der Waals surface area contributed by atoms with Crippen molar-refractivity contribution in [2.45, 2.75) is 6.61 Å². The molecule has 2 rings (SSSR count). The summed E-state index contributed by atoms with van der Waals surface area (Å²) in [5, 5.41) is 0. The van der Waals surface area contributed by atoms with Gasteiger partial charge in [0.25, 0.3) is 0 Å². The summed E-state index contributed by atoms with van der Waals surface area (Å²) in [6, 6.07) is 13.4. The predicted molar refractivity (Wildman–Crippen MR) is 79.9 cm³/mol. The third-order valence-corrected chi connectivity index (χ3v) is 3.05. The summed E-state index contributed by atoms with van der Waals surface area (Å²) in [6.07, 6.45) is 0. The molecule has 114 valence electrons. The van der Waals surface area contributed by atoms with Crippen molar-refractivity contribution in [2.75, 3.05) is 14.2 Å². The highest BCUT2D eigenvalue weighted by Crippen LogP contribution is 2.14. The minimum Gasteiger partial charge on any atom is -0.497 e. The molecule has 0 heterocycles. The largest absolute Gasteiger partial charge is 0.497 e. The molecule has 0 bridgehead atoms. The average molecular weight is 300 g/mol. The monoisotopic (exact) mass is 300 g/mol. The van der Waals surface area contributed by atoms with Gasteiger partial charge in [-0.05, 0) is 35.9 Å². The van der Waals surface area contributed by atoms with E-state index in [9.17, 15) is 9.59 Å². The second-order valence-corrected chi connectivity index (χ2v) is 4.50. The number of ether oxygens (including phenoxy) is 3. The Balaban J connectivity index is 1.97. The number of rotatable bonds is 5. The van der Waals surface area contributed by atoms with E-state index in [1.807, 2.05) is 0 Å². The van der Waals surface area contributed by atoms with Crippen molar-refractivity contribution in [2.24, 2.45) is 0 Å². The summed E-state index contributed by atoms with van der Waals surface area (Å²) < 4.78 is 14.9. The van der Waals surface area contributed by atoms with Crippen molar-refractivity contribution < 1.29 is 23.8 Å². The van der Waals surface area contributed by atoms with E-state index in [2.05, 4.69) is 4.74 Å². The Morgan fingerprint density at radius 3 is 2.27 bits per heavy atom. The van der Waals surface area contributed by atoms with Crippen molar-refractivity contribution in [3.63, 3.8) is 0 Å². The molecule has 2 aromatic rings. The van der Waals surface area contributed by atoms with E-state index in [4.69, 9.17) is 9.47 Å². The van der Waals surface area contributed by atoms with Gasteiger partial charge in [-0.15, -0.1) is 0 Å². The molecule has 0 unspecified atom stereocenters. The first-order valence-electron chi connectivity index (χ1n) is 6.62. The van der Waals surface area contributed by atoms with E-state index in [0.717, 1.165) is 5.56 Å². The Morgan fingerprint density at radius 1 is 0.909 bits per heavy atom. The molecular formula is C17H16O5. The summed E-state index contributed by atoms with van der Waals surface area (Å²) in [5.41, 5.74) is 1.65. The van der Waals surface area contributed by atoms with Gasteiger partial charge in [0.1, 0.15) is 12.4 Å². The van der Waals surface area contributed by atoms with Crippen molar-refractivity contribution in [1.29, 1.82) is 0 Å². The molecule has 22 heavy (non-hydrogen) atoms. The molecule has 2 aromatic carbocycles. The smallest absolute Gasteiger partial charge is 0.338 e. The van der Waals surface area contributed by atoms with Crippen LogP contribution in [0.25, 0.3) is 0 Å². The molecule has 0 atom stereocenters. The van der Waals surface area contributed by atoms with Crippen molar-refractivity contribution in [3.05, 3.63) is 65.2 Å². The number of benzene rings is 2. The van der Waals surface area contributed by atoms with E-state index in [-0.39, 0.29) is 6.61 Å². The lowest BCUT2D eigenvalue weighted by molar-refractivity contribution is 0.0471. The van der Waals surface area contributed by atoms with Crippen molar-refractivity contribution >= 4 is 11.9 Å². The Labute approximate surface area is 128 Å². The summed E-state index contributed by atoms with van der Waals surface area (Å²) in [6.45, 7) is 0.123. The maximum Gasteiger partial charge on any atom is 0.338 e. The van der Waals surface area contributed by atoms with Crippen LogP contribution in [0.5, 0.6) is 5.75 Å². The van der Waals surface area contributed by atoms with Crippen LogP contribution in [-0.4, -0.2) is 26.2 Å². The fraction of sp³-hybridized carbons (Fsp3) is 0.176. The van der Waals surface area contributed by atoms with Crippen molar-refractivity contribution in [1.82, 2.24) is 0 Å². The van der Waals surface area contributed by atoms with E-state index in [0.29, 0.717) is 16.9 Å². The molecule has 0 aliphatic carbocycles. The van der Waals surface area contributed by atoms with Crippen LogP contribution in [0.4, 0.5) is 0 Å². The topological polar surface area (TPSA) is 61.8 Å². The number of carbonyl (C=O) groups is 2. The van der Waals surface area contributed by atoms with E-state index in [1.165, 1.54) is 14.2 Å². The van der Waals surface area contributed by atoms with E-state index >= 15 is 0 Å². The maximum atomic E-state index is 12.0. The van der Waals surface area contributed by atoms with Gasteiger partial charge in [-0.25, -0.2) is 9.59 Å². The minimum absolute atomic E-state index is 0.123. The first kappa shape index (κ1) is 15.6.